The Morgan fingerprint density at radius 2 is 2.00 bits per heavy atom. The molecule has 7 heteroatoms. The molecule has 0 aromatic heterocycles. The van der Waals surface area contributed by atoms with Crippen molar-refractivity contribution in [3.8, 4) is 5.75 Å². The Morgan fingerprint density at radius 1 is 1.35 bits per heavy atom. The molecule has 0 fully saturated rings. The molecule has 0 spiro atoms. The number of ether oxygens (including phenoxy) is 2. The summed E-state index contributed by atoms with van der Waals surface area (Å²) in [5, 5.41) is 12.1. The molecule has 23 heavy (non-hydrogen) atoms. The van der Waals surface area contributed by atoms with Crippen molar-refractivity contribution in [2.45, 2.75) is 45.8 Å². The molecule has 0 heterocycles. The lowest BCUT2D eigenvalue weighted by atomic mass is 10.1. The van der Waals surface area contributed by atoms with E-state index in [1.165, 1.54) is 0 Å². The van der Waals surface area contributed by atoms with Gasteiger partial charge in [0, 0.05) is 9.99 Å². The molecule has 6 nitrogen and oxygen atoms in total. The summed E-state index contributed by atoms with van der Waals surface area (Å²) in [6.45, 7) is 7.13. The normalized spacial score (nSPS) is 12.4. The van der Waals surface area contributed by atoms with Crippen LogP contribution in [0.5, 0.6) is 5.75 Å². The Bertz CT molecular complexity index is 568. The van der Waals surface area contributed by atoms with E-state index in [0.717, 1.165) is 9.13 Å². The molecular formula is C16H22INO5. The molecule has 1 amide bonds. The fraction of sp³-hybridized carbons (Fsp3) is 0.500. The third kappa shape index (κ3) is 7.06. The van der Waals surface area contributed by atoms with E-state index >= 15 is 0 Å². The minimum Gasteiger partial charge on any atom is -0.508 e. The largest absolute Gasteiger partial charge is 0.508 e. The van der Waals surface area contributed by atoms with Crippen LogP contribution in [0, 0.1) is 3.57 Å². The molecule has 1 rings (SSSR count). The highest BCUT2D eigenvalue weighted by Gasteiger charge is 2.26. The van der Waals surface area contributed by atoms with Gasteiger partial charge in [0.05, 0.1) is 6.61 Å². The van der Waals surface area contributed by atoms with E-state index in [2.05, 4.69) is 27.9 Å². The fourth-order valence-corrected chi connectivity index (χ4v) is 2.38. The van der Waals surface area contributed by atoms with Gasteiger partial charge in [-0.3, -0.25) is 0 Å². The number of aromatic hydroxyl groups is 1. The average molecular weight is 435 g/mol. The van der Waals surface area contributed by atoms with E-state index in [9.17, 15) is 14.7 Å². The van der Waals surface area contributed by atoms with Gasteiger partial charge in [0.15, 0.2) is 0 Å². The number of rotatable bonds is 5. The first-order chi connectivity index (χ1) is 10.6. The van der Waals surface area contributed by atoms with Crippen LogP contribution in [-0.4, -0.2) is 35.4 Å². The summed E-state index contributed by atoms with van der Waals surface area (Å²) in [4.78, 5) is 24.0. The van der Waals surface area contributed by atoms with Crippen molar-refractivity contribution < 1.29 is 24.2 Å². The van der Waals surface area contributed by atoms with Crippen LogP contribution < -0.4 is 5.32 Å². The van der Waals surface area contributed by atoms with Crippen LogP contribution in [0.15, 0.2) is 18.2 Å². The maximum atomic E-state index is 12.1. The van der Waals surface area contributed by atoms with Gasteiger partial charge < -0.3 is 19.9 Å². The maximum absolute atomic E-state index is 12.1. The number of phenolic OH excluding ortho intramolecular Hbond substituents is 1. The van der Waals surface area contributed by atoms with Gasteiger partial charge in [-0.05, 0) is 74.0 Å². The van der Waals surface area contributed by atoms with Crippen molar-refractivity contribution in [3.05, 3.63) is 27.3 Å². The van der Waals surface area contributed by atoms with Crippen molar-refractivity contribution in [2.24, 2.45) is 0 Å². The number of amides is 1. The number of hydrogen-bond acceptors (Lipinski definition) is 5. The predicted molar refractivity (Wildman–Crippen MR) is 94.3 cm³/mol. The second kappa shape index (κ2) is 8.37. The van der Waals surface area contributed by atoms with Crippen molar-refractivity contribution in [2.75, 3.05) is 6.61 Å². The molecule has 1 atom stereocenters. The monoisotopic (exact) mass is 435 g/mol. The van der Waals surface area contributed by atoms with Crippen LogP contribution in [0.2, 0.25) is 0 Å². The smallest absolute Gasteiger partial charge is 0.408 e. The lowest BCUT2D eigenvalue weighted by Crippen LogP contribution is -2.45. The molecule has 1 aromatic rings. The topological polar surface area (TPSA) is 84.9 Å². The van der Waals surface area contributed by atoms with E-state index < -0.39 is 23.7 Å². The van der Waals surface area contributed by atoms with Crippen LogP contribution >= 0.6 is 22.6 Å². The van der Waals surface area contributed by atoms with Crippen molar-refractivity contribution in [1.29, 1.82) is 0 Å². The number of hydrogen-bond donors (Lipinski definition) is 2. The summed E-state index contributed by atoms with van der Waals surface area (Å²) in [7, 11) is 0. The molecule has 2 N–H and O–H groups in total. The number of esters is 1. The number of nitrogens with one attached hydrogen (secondary N) is 1. The Kier molecular flexibility index (Phi) is 7.11. The van der Waals surface area contributed by atoms with E-state index in [1.807, 2.05) is 0 Å². The molecule has 0 saturated heterocycles. The van der Waals surface area contributed by atoms with Crippen LogP contribution in [0.25, 0.3) is 0 Å². The molecule has 0 aliphatic rings. The van der Waals surface area contributed by atoms with Crippen LogP contribution in [0.4, 0.5) is 4.79 Å². The Balaban J connectivity index is 2.90. The second-order valence-electron chi connectivity index (χ2n) is 5.93. The maximum Gasteiger partial charge on any atom is 0.408 e. The third-order valence-corrected chi connectivity index (χ3v) is 3.77. The van der Waals surface area contributed by atoms with Gasteiger partial charge in [0.1, 0.15) is 17.4 Å². The van der Waals surface area contributed by atoms with Gasteiger partial charge in [-0.1, -0.05) is 0 Å². The first kappa shape index (κ1) is 19.5. The van der Waals surface area contributed by atoms with Crippen molar-refractivity contribution in [3.63, 3.8) is 0 Å². The summed E-state index contributed by atoms with van der Waals surface area (Å²) in [6.07, 6.45) is -0.490. The number of carbonyl (C=O) groups excluding carboxylic acids is 2. The van der Waals surface area contributed by atoms with Gasteiger partial charge in [0.2, 0.25) is 0 Å². The number of phenols is 1. The fourth-order valence-electron chi connectivity index (χ4n) is 1.82. The van der Waals surface area contributed by atoms with Crippen molar-refractivity contribution in [1.82, 2.24) is 5.32 Å². The molecular weight excluding hydrogens is 413 g/mol. The first-order valence-electron chi connectivity index (χ1n) is 7.26. The van der Waals surface area contributed by atoms with Crippen molar-refractivity contribution >= 4 is 34.7 Å². The average Bonchev–Trinajstić information content (AvgIpc) is 2.40. The van der Waals surface area contributed by atoms with E-state index in [1.54, 1.807) is 45.9 Å². The molecule has 128 valence electrons. The molecule has 1 aromatic carbocycles. The Labute approximate surface area is 149 Å². The van der Waals surface area contributed by atoms with Crippen LogP contribution in [0.1, 0.15) is 33.3 Å². The molecule has 0 radical (unpaired) electrons. The van der Waals surface area contributed by atoms with E-state index in [0.29, 0.717) is 0 Å². The first-order valence-corrected chi connectivity index (χ1v) is 8.33. The molecule has 0 bridgehead atoms. The lowest BCUT2D eigenvalue weighted by Gasteiger charge is -2.23. The molecule has 0 aliphatic heterocycles. The van der Waals surface area contributed by atoms with Gasteiger partial charge in [-0.2, -0.15) is 0 Å². The Morgan fingerprint density at radius 3 is 2.57 bits per heavy atom. The number of carbonyl (C=O) groups is 2. The zero-order valence-corrected chi connectivity index (χ0v) is 15.8. The summed E-state index contributed by atoms with van der Waals surface area (Å²) in [5.41, 5.74) is 0.0719. The molecule has 0 saturated carbocycles. The van der Waals surface area contributed by atoms with Gasteiger partial charge in [0.25, 0.3) is 0 Å². The molecule has 0 aliphatic carbocycles. The van der Waals surface area contributed by atoms with Gasteiger partial charge in [-0.15, -0.1) is 0 Å². The SMILES string of the molecule is CCOC(=O)C(Cc1cc(O)ccc1I)NC(=O)OC(C)(C)C. The zero-order valence-electron chi connectivity index (χ0n) is 13.7. The summed E-state index contributed by atoms with van der Waals surface area (Å²) < 4.78 is 11.1. The van der Waals surface area contributed by atoms with Crippen LogP contribution in [-0.2, 0) is 20.7 Å². The quantitative estimate of drug-likeness (QED) is 0.549. The highest BCUT2D eigenvalue weighted by molar-refractivity contribution is 14.1. The minimum absolute atomic E-state index is 0.0975. The number of alkyl carbamates (subject to hydrolysis) is 1. The predicted octanol–water partition coefficient (Wildman–Crippen LogP) is 3.00. The van der Waals surface area contributed by atoms with E-state index in [4.69, 9.17) is 9.47 Å². The number of halogens is 1. The number of benzene rings is 1. The summed E-state index contributed by atoms with van der Waals surface area (Å²) in [6, 6.07) is 3.97. The minimum atomic E-state index is -0.889. The highest BCUT2D eigenvalue weighted by Crippen LogP contribution is 2.20. The zero-order chi connectivity index (χ0) is 17.6. The van der Waals surface area contributed by atoms with Gasteiger partial charge >= 0.3 is 12.1 Å². The second-order valence-corrected chi connectivity index (χ2v) is 7.09. The standard InChI is InChI=1S/C16H22INO5/c1-5-22-14(20)13(18-15(21)23-16(2,3)4)9-10-8-11(19)6-7-12(10)17/h6-8,13,19H,5,9H2,1-4H3,(H,18,21). The Hall–Kier alpha value is -1.51. The lowest BCUT2D eigenvalue weighted by molar-refractivity contribution is -0.145. The van der Waals surface area contributed by atoms with E-state index in [-0.39, 0.29) is 18.8 Å². The third-order valence-electron chi connectivity index (χ3n) is 2.72. The highest BCUT2D eigenvalue weighted by atomic mass is 127. The molecule has 1 unspecified atom stereocenters. The summed E-state index contributed by atoms with van der Waals surface area (Å²) >= 11 is 2.10. The van der Waals surface area contributed by atoms with Crippen LogP contribution in [0.3, 0.4) is 0 Å². The van der Waals surface area contributed by atoms with Gasteiger partial charge in [-0.25, -0.2) is 9.59 Å². The summed E-state index contributed by atoms with van der Waals surface area (Å²) in [5.74, 6) is -0.446.